The number of ether oxygens (including phenoxy) is 4. The second-order valence-electron chi connectivity index (χ2n) is 9.04. The van der Waals surface area contributed by atoms with E-state index < -0.39 is 58.2 Å². The van der Waals surface area contributed by atoms with Crippen molar-refractivity contribution in [3.8, 4) is 0 Å². The van der Waals surface area contributed by atoms with Crippen molar-refractivity contribution in [3.63, 3.8) is 0 Å². The molecule has 0 aromatic heterocycles. The molecule has 2 heterocycles. The van der Waals surface area contributed by atoms with Crippen LogP contribution in [0.25, 0.3) is 0 Å². The first-order chi connectivity index (χ1) is 16.4. The largest absolute Gasteiger partial charge is 0.452 e. The average Bonchev–Trinajstić information content (AvgIpc) is 3.27. The van der Waals surface area contributed by atoms with Crippen molar-refractivity contribution < 1.29 is 47.7 Å². The molecule has 12 nitrogen and oxygen atoms in total. The van der Waals surface area contributed by atoms with Crippen LogP contribution in [0.5, 0.6) is 0 Å². The van der Waals surface area contributed by atoms with Crippen LogP contribution in [-0.2, 0) is 47.7 Å². The van der Waals surface area contributed by atoms with Gasteiger partial charge in [-0.05, 0) is 25.5 Å². The fourth-order valence-corrected chi connectivity index (χ4v) is 5.78. The molecule has 3 fully saturated rings. The lowest BCUT2D eigenvalue weighted by molar-refractivity contribution is -0.166. The van der Waals surface area contributed by atoms with E-state index in [-0.39, 0.29) is 30.4 Å². The third kappa shape index (κ3) is 3.59. The van der Waals surface area contributed by atoms with Gasteiger partial charge in [-0.2, -0.15) is 0 Å². The van der Waals surface area contributed by atoms with Crippen LogP contribution in [0.1, 0.15) is 40.5 Å². The van der Waals surface area contributed by atoms with Gasteiger partial charge < -0.3 is 29.6 Å². The number of amides is 1. The van der Waals surface area contributed by atoms with Gasteiger partial charge in [0.25, 0.3) is 0 Å². The highest BCUT2D eigenvalue weighted by Gasteiger charge is 2.89. The lowest BCUT2D eigenvalue weighted by Crippen LogP contribution is -2.71. The maximum atomic E-state index is 13.9. The van der Waals surface area contributed by atoms with E-state index in [0.717, 1.165) is 26.8 Å². The lowest BCUT2D eigenvalue weighted by Gasteiger charge is -2.49. The Morgan fingerprint density at radius 3 is 2.31 bits per heavy atom. The van der Waals surface area contributed by atoms with Crippen LogP contribution < -0.4 is 10.6 Å². The molecular formula is C23H26N2O10. The molecule has 4 rings (SSSR count). The maximum Gasteiger partial charge on any atom is 0.308 e. The van der Waals surface area contributed by atoms with E-state index in [0.29, 0.717) is 13.0 Å². The standard InChI is InChI=1S/C23H26N2O10/c1-11(26)24-7-5-21(10-16(33-13(3)28)15(9-17(21)30)32-12(2)27)23-20(34-14(4)29)18(31)19-22(23,35-19)6-8-25-23/h9-10,19-20,25H,5-8H2,1-4H3,(H,24,26). The van der Waals surface area contributed by atoms with Gasteiger partial charge in [-0.15, -0.1) is 0 Å². The molecule has 2 N–H and O–H groups in total. The minimum absolute atomic E-state index is 0.00712. The molecule has 35 heavy (non-hydrogen) atoms. The van der Waals surface area contributed by atoms with Crippen molar-refractivity contribution in [2.24, 2.45) is 5.41 Å². The monoisotopic (exact) mass is 490 g/mol. The first-order valence-electron chi connectivity index (χ1n) is 11.1. The van der Waals surface area contributed by atoms with E-state index in [1.54, 1.807) is 0 Å². The van der Waals surface area contributed by atoms with Crippen LogP contribution in [-0.4, -0.2) is 71.8 Å². The molecule has 1 amide bonds. The quantitative estimate of drug-likeness (QED) is 0.265. The molecule has 5 atom stereocenters. The van der Waals surface area contributed by atoms with Crippen molar-refractivity contribution in [3.05, 3.63) is 23.7 Å². The SMILES string of the molecule is CC(=O)NCCC1(C23NCCC24OC4C(=O)C3OC(C)=O)C=C(OC(C)=O)C(OC(C)=O)=CC1=O. The van der Waals surface area contributed by atoms with Gasteiger partial charge in [0.2, 0.25) is 11.7 Å². The number of rotatable bonds is 7. The number of esters is 3. The van der Waals surface area contributed by atoms with Crippen LogP contribution >= 0.6 is 0 Å². The van der Waals surface area contributed by atoms with E-state index in [2.05, 4.69) is 10.6 Å². The molecule has 5 unspecified atom stereocenters. The number of epoxide rings is 1. The molecule has 1 spiro atoms. The summed E-state index contributed by atoms with van der Waals surface area (Å²) in [6.45, 7) is 5.05. The maximum absolute atomic E-state index is 13.9. The topological polar surface area (TPSA) is 167 Å². The van der Waals surface area contributed by atoms with E-state index in [1.807, 2.05) is 0 Å². The Kier molecular flexibility index (Phi) is 5.92. The van der Waals surface area contributed by atoms with Crippen molar-refractivity contribution in [2.75, 3.05) is 13.1 Å². The van der Waals surface area contributed by atoms with Gasteiger partial charge in [-0.3, -0.25) is 28.8 Å². The predicted molar refractivity (Wildman–Crippen MR) is 114 cm³/mol. The third-order valence-electron chi connectivity index (χ3n) is 6.88. The number of hydrogen-bond acceptors (Lipinski definition) is 11. The highest BCUT2D eigenvalue weighted by atomic mass is 16.6. The van der Waals surface area contributed by atoms with Crippen LogP contribution in [0.15, 0.2) is 23.7 Å². The number of carbonyl (C=O) groups excluding carboxylic acids is 6. The fraction of sp³-hybridized carbons (Fsp3) is 0.565. The summed E-state index contributed by atoms with van der Waals surface area (Å²) in [5, 5.41) is 5.86. The Labute approximate surface area is 200 Å². The van der Waals surface area contributed by atoms with Crippen molar-refractivity contribution in [2.45, 2.75) is 63.9 Å². The molecule has 1 saturated carbocycles. The first kappa shape index (κ1) is 24.7. The van der Waals surface area contributed by atoms with Gasteiger partial charge in [0.1, 0.15) is 11.1 Å². The number of Topliss-reactive ketones (excluding diaryl/α,β-unsaturated/α-hetero) is 1. The fourth-order valence-electron chi connectivity index (χ4n) is 5.78. The second-order valence-corrected chi connectivity index (χ2v) is 9.04. The van der Waals surface area contributed by atoms with Crippen molar-refractivity contribution in [1.29, 1.82) is 0 Å². The average molecular weight is 490 g/mol. The van der Waals surface area contributed by atoms with Crippen LogP contribution in [0.2, 0.25) is 0 Å². The summed E-state index contributed by atoms with van der Waals surface area (Å²) in [6.07, 6.45) is 0.326. The number of allylic oxidation sites excluding steroid dienone is 1. The zero-order valence-electron chi connectivity index (χ0n) is 19.7. The van der Waals surface area contributed by atoms with E-state index in [9.17, 15) is 28.8 Å². The van der Waals surface area contributed by atoms with E-state index >= 15 is 0 Å². The Morgan fingerprint density at radius 1 is 1.06 bits per heavy atom. The van der Waals surface area contributed by atoms with Gasteiger partial charge in [-0.25, -0.2) is 0 Å². The number of hydrogen-bond donors (Lipinski definition) is 2. The summed E-state index contributed by atoms with van der Waals surface area (Å²) in [4.78, 5) is 74.3. The number of nitrogens with one attached hydrogen (secondary N) is 2. The molecular weight excluding hydrogens is 464 g/mol. The molecule has 2 aliphatic carbocycles. The second kappa shape index (κ2) is 8.38. The number of ketones is 2. The molecule has 0 bridgehead atoms. The van der Waals surface area contributed by atoms with E-state index in [1.165, 1.54) is 13.0 Å². The summed E-state index contributed by atoms with van der Waals surface area (Å²) >= 11 is 0. The Balaban J connectivity index is 1.92. The summed E-state index contributed by atoms with van der Waals surface area (Å²) in [7, 11) is 0. The summed E-state index contributed by atoms with van der Waals surface area (Å²) < 4.78 is 21.8. The minimum atomic E-state index is -1.69. The van der Waals surface area contributed by atoms with Crippen LogP contribution in [0.3, 0.4) is 0 Å². The molecule has 188 valence electrons. The van der Waals surface area contributed by atoms with Gasteiger partial charge in [0.05, 0.1) is 5.41 Å². The van der Waals surface area contributed by atoms with Gasteiger partial charge in [-0.1, -0.05) is 0 Å². The lowest BCUT2D eigenvalue weighted by atomic mass is 9.58. The van der Waals surface area contributed by atoms with Crippen molar-refractivity contribution in [1.82, 2.24) is 10.6 Å². The normalized spacial score (nSPS) is 34.7. The smallest absolute Gasteiger partial charge is 0.308 e. The minimum Gasteiger partial charge on any atom is -0.452 e. The van der Waals surface area contributed by atoms with Gasteiger partial charge in [0, 0.05) is 40.3 Å². The zero-order valence-corrected chi connectivity index (χ0v) is 19.7. The predicted octanol–water partition coefficient (Wildman–Crippen LogP) is -0.640. The zero-order chi connectivity index (χ0) is 25.8. The Bertz CT molecular complexity index is 1110. The van der Waals surface area contributed by atoms with Crippen LogP contribution in [0, 0.1) is 5.41 Å². The highest BCUT2D eigenvalue weighted by molar-refractivity contribution is 6.06. The third-order valence-corrected chi connectivity index (χ3v) is 6.88. The molecule has 2 aliphatic heterocycles. The summed E-state index contributed by atoms with van der Waals surface area (Å²) in [6, 6.07) is 0. The summed E-state index contributed by atoms with van der Waals surface area (Å²) in [5.74, 6) is -4.17. The highest BCUT2D eigenvalue weighted by Crippen LogP contribution is 2.67. The number of carbonyl (C=O) groups is 6. The first-order valence-corrected chi connectivity index (χ1v) is 11.1. The Morgan fingerprint density at radius 2 is 1.71 bits per heavy atom. The summed E-state index contributed by atoms with van der Waals surface area (Å²) in [5.41, 5.74) is -4.41. The molecule has 0 aromatic carbocycles. The molecule has 2 saturated heterocycles. The van der Waals surface area contributed by atoms with Crippen molar-refractivity contribution >= 4 is 35.4 Å². The van der Waals surface area contributed by atoms with Gasteiger partial charge in [0.15, 0.2) is 29.5 Å². The van der Waals surface area contributed by atoms with E-state index in [4.69, 9.17) is 18.9 Å². The molecule has 4 aliphatic rings. The molecule has 0 aromatic rings. The molecule has 12 heteroatoms. The Hall–Kier alpha value is -3.38. The molecule has 0 radical (unpaired) electrons. The van der Waals surface area contributed by atoms with Crippen LogP contribution in [0.4, 0.5) is 0 Å². The van der Waals surface area contributed by atoms with Gasteiger partial charge >= 0.3 is 17.9 Å².